The summed E-state index contributed by atoms with van der Waals surface area (Å²) in [5.41, 5.74) is 0. The number of halogens is 4. The van der Waals surface area contributed by atoms with Crippen molar-refractivity contribution in [3.63, 3.8) is 0 Å². The molecule has 0 rings (SSSR count). The van der Waals surface area contributed by atoms with Gasteiger partial charge in [0.05, 0.1) is 0 Å². The summed E-state index contributed by atoms with van der Waals surface area (Å²) in [6, 6.07) is 0. The van der Waals surface area contributed by atoms with Crippen molar-refractivity contribution in [1.29, 1.82) is 0 Å². The normalized spacial score (nSPS) is 4.50. The molecule has 0 bridgehead atoms. The average Bonchev–Trinajstić information content (AvgIpc) is 0.811. The van der Waals surface area contributed by atoms with Gasteiger partial charge in [0.15, 0.2) is 0 Å². The van der Waals surface area contributed by atoms with Crippen molar-refractivity contribution in [3.8, 4) is 0 Å². The van der Waals surface area contributed by atoms with E-state index in [9.17, 15) is 0 Å². The van der Waals surface area contributed by atoms with E-state index in [4.69, 9.17) is 34.4 Å². The Balaban J connectivity index is -0.0000000450. The van der Waals surface area contributed by atoms with Crippen LogP contribution in [0.15, 0.2) is 0 Å². The summed E-state index contributed by atoms with van der Waals surface area (Å²) in [4.78, 5) is -0.750. The predicted molar refractivity (Wildman–Crippen MR) is 44.5 cm³/mol. The van der Waals surface area contributed by atoms with Gasteiger partial charge in [0.2, 0.25) is 0 Å². The third kappa shape index (κ3) is 33.9. The number of rotatable bonds is 0. The Labute approximate surface area is 81.3 Å². The van der Waals surface area contributed by atoms with E-state index in [-0.39, 0.29) is 42.8 Å². The first kappa shape index (κ1) is 15.7. The molecule has 33 valence electrons. The monoisotopic (exact) mass is 251 g/mol. The maximum atomic E-state index is 4.81. The summed E-state index contributed by atoms with van der Waals surface area (Å²) in [7, 11) is 0. The first-order valence-corrected chi connectivity index (χ1v) is 1.96. The Hall–Kier alpha value is 2.26. The Bertz CT molecular complexity index is 15.5. The van der Waals surface area contributed by atoms with Crippen LogP contribution in [0.25, 0.3) is 0 Å². The fraction of sp³-hybridized carbons (Fsp3) is 0. The molecule has 0 aromatic carbocycles. The molecular formula is HBCl3ILi. The Morgan fingerprint density at radius 2 is 1.00 bits per heavy atom. The van der Waals surface area contributed by atoms with Gasteiger partial charge in [-0.2, -0.15) is 34.4 Å². The van der Waals surface area contributed by atoms with E-state index in [0.29, 0.717) is 0 Å². The zero-order valence-corrected chi connectivity index (χ0v) is 7.72. The SMILES string of the molecule is ClB(Cl)Cl.I.[Li]. The van der Waals surface area contributed by atoms with Crippen LogP contribution in [0.4, 0.5) is 0 Å². The van der Waals surface area contributed by atoms with E-state index in [0.717, 1.165) is 0 Å². The molecule has 0 fully saturated rings. The minimum Gasteiger partial charge on any atom is -0.150 e. The summed E-state index contributed by atoms with van der Waals surface area (Å²) in [5, 5.41) is 0. The van der Waals surface area contributed by atoms with Gasteiger partial charge >= 0.3 is 4.96 Å². The second-order valence-electron chi connectivity index (χ2n) is 0.247. The molecule has 0 heterocycles. The van der Waals surface area contributed by atoms with Crippen LogP contribution in [0.3, 0.4) is 0 Å². The quantitative estimate of drug-likeness (QED) is 0.456. The van der Waals surface area contributed by atoms with Gasteiger partial charge in [0, 0.05) is 18.9 Å². The Morgan fingerprint density at radius 1 is 1.00 bits per heavy atom. The van der Waals surface area contributed by atoms with Gasteiger partial charge in [-0.25, -0.2) is 0 Å². The Morgan fingerprint density at radius 3 is 1.00 bits per heavy atom. The second-order valence-corrected chi connectivity index (χ2v) is 2.23. The van der Waals surface area contributed by atoms with Crippen LogP contribution in [0.2, 0.25) is 0 Å². The third-order valence-corrected chi connectivity index (χ3v) is 0. The molecule has 0 aliphatic rings. The van der Waals surface area contributed by atoms with Crippen LogP contribution >= 0.6 is 58.4 Å². The van der Waals surface area contributed by atoms with Crippen LogP contribution in [-0.2, 0) is 0 Å². The van der Waals surface area contributed by atoms with Gasteiger partial charge in [0.25, 0.3) is 0 Å². The van der Waals surface area contributed by atoms with Crippen molar-refractivity contribution >= 4 is 82.2 Å². The summed E-state index contributed by atoms with van der Waals surface area (Å²) < 4.78 is 0. The smallest absolute Gasteiger partial charge is 0.150 e. The first-order valence-electron chi connectivity index (χ1n) is 0.655. The van der Waals surface area contributed by atoms with E-state index in [1.54, 1.807) is 0 Å². The molecule has 0 aliphatic carbocycles. The topological polar surface area (TPSA) is 0 Å². The van der Waals surface area contributed by atoms with Gasteiger partial charge in [-0.15, -0.1) is 24.0 Å². The van der Waals surface area contributed by atoms with Crippen molar-refractivity contribution < 1.29 is 0 Å². The molecule has 0 amide bonds. The summed E-state index contributed by atoms with van der Waals surface area (Å²) in [6.07, 6.45) is 0. The number of hydrogen-bond donors (Lipinski definition) is 0. The first-order chi connectivity index (χ1) is 1.73. The zero-order chi connectivity index (χ0) is 3.58. The van der Waals surface area contributed by atoms with E-state index in [1.165, 1.54) is 0 Å². The van der Waals surface area contributed by atoms with Gasteiger partial charge in [-0.05, 0) is 0 Å². The molecule has 0 saturated carbocycles. The zero-order valence-electron chi connectivity index (χ0n) is 3.12. The molecule has 1 radical (unpaired) electrons. The molecule has 6 heteroatoms. The van der Waals surface area contributed by atoms with Crippen molar-refractivity contribution in [2.75, 3.05) is 0 Å². The molecule has 0 nitrogen and oxygen atoms in total. The molecule has 0 unspecified atom stereocenters. The van der Waals surface area contributed by atoms with E-state index in [1.807, 2.05) is 0 Å². The maximum Gasteiger partial charge on any atom is 0.450 e. The van der Waals surface area contributed by atoms with Crippen molar-refractivity contribution in [2.24, 2.45) is 0 Å². The summed E-state index contributed by atoms with van der Waals surface area (Å²) in [5.74, 6) is 0. The van der Waals surface area contributed by atoms with Crippen LogP contribution < -0.4 is 0 Å². The summed E-state index contributed by atoms with van der Waals surface area (Å²) in [6.45, 7) is 0. The van der Waals surface area contributed by atoms with Gasteiger partial charge < -0.3 is 0 Å². The molecule has 0 N–H and O–H groups in total. The largest absolute Gasteiger partial charge is 0.450 e. The predicted octanol–water partition coefficient (Wildman–Crippen LogP) is 1.92. The molecule has 0 atom stereocenters. The molecule has 0 aromatic rings. The molecule has 0 aromatic heterocycles. The van der Waals surface area contributed by atoms with E-state index < -0.39 is 4.96 Å². The maximum absolute atomic E-state index is 4.81. The summed E-state index contributed by atoms with van der Waals surface area (Å²) >= 11 is 14.4. The van der Waals surface area contributed by atoms with Gasteiger partial charge in [-0.3, -0.25) is 0 Å². The number of hydrogen-bond acceptors (Lipinski definition) is 0. The molecule has 0 aliphatic heterocycles. The fourth-order valence-electron chi connectivity index (χ4n) is 0. The molecular weight excluding hydrogens is 251 g/mol. The van der Waals surface area contributed by atoms with Crippen LogP contribution in [0.1, 0.15) is 0 Å². The molecule has 6 heavy (non-hydrogen) atoms. The molecule has 0 saturated heterocycles. The molecule has 0 spiro atoms. The standard InChI is InChI=1S/BCl3.HI.Li/c2-1(3)4;;/h;1H;. The van der Waals surface area contributed by atoms with Gasteiger partial charge in [-0.1, -0.05) is 0 Å². The fourth-order valence-corrected chi connectivity index (χ4v) is 0. The van der Waals surface area contributed by atoms with Crippen molar-refractivity contribution in [3.05, 3.63) is 0 Å². The van der Waals surface area contributed by atoms with E-state index >= 15 is 0 Å². The average molecular weight is 252 g/mol. The van der Waals surface area contributed by atoms with Crippen LogP contribution in [0.5, 0.6) is 0 Å². The third-order valence-electron chi connectivity index (χ3n) is 0. The minimum absolute atomic E-state index is 0. The van der Waals surface area contributed by atoms with Crippen LogP contribution in [0, 0.1) is 0 Å². The van der Waals surface area contributed by atoms with E-state index in [2.05, 4.69) is 0 Å². The van der Waals surface area contributed by atoms with Crippen molar-refractivity contribution in [2.45, 2.75) is 0 Å². The van der Waals surface area contributed by atoms with Crippen molar-refractivity contribution in [1.82, 2.24) is 0 Å². The second kappa shape index (κ2) is 10.3. The van der Waals surface area contributed by atoms with Crippen LogP contribution in [-0.4, -0.2) is 23.8 Å². The van der Waals surface area contributed by atoms with Gasteiger partial charge in [0.1, 0.15) is 0 Å². The minimum atomic E-state index is -0.750. The Kier molecular flexibility index (Phi) is 27.0.